The van der Waals surface area contributed by atoms with Crippen molar-refractivity contribution in [1.29, 1.82) is 0 Å². The number of nitrogens with zero attached hydrogens (tertiary/aromatic N) is 1. The average molecular weight is 226 g/mol. The molecule has 1 saturated carbocycles. The summed E-state index contributed by atoms with van der Waals surface area (Å²) in [5.41, 5.74) is 6.78. The summed E-state index contributed by atoms with van der Waals surface area (Å²) in [4.78, 5) is 4.05. The Bertz CT molecular complexity index is 321. The van der Waals surface area contributed by atoms with Crippen LogP contribution in [0, 0.1) is 0 Å². The van der Waals surface area contributed by atoms with Crippen molar-refractivity contribution in [2.24, 2.45) is 5.73 Å². The van der Waals surface area contributed by atoms with Gasteiger partial charge in [-0.2, -0.15) is 0 Å². The van der Waals surface area contributed by atoms with E-state index in [1.165, 1.54) is 0 Å². The first-order valence-electron chi connectivity index (χ1n) is 5.37. The van der Waals surface area contributed by atoms with Crippen molar-refractivity contribution < 1.29 is 0 Å². The van der Waals surface area contributed by atoms with E-state index in [4.69, 9.17) is 17.3 Å². The Morgan fingerprint density at radius 3 is 2.73 bits per heavy atom. The number of hydrogen-bond acceptors (Lipinski definition) is 3. The minimum Gasteiger partial charge on any atom is -0.380 e. The lowest BCUT2D eigenvalue weighted by atomic mass is 9.92. The van der Waals surface area contributed by atoms with Crippen molar-refractivity contribution in [1.82, 2.24) is 4.98 Å². The molecular weight excluding hydrogens is 210 g/mol. The number of aromatic nitrogens is 1. The van der Waals surface area contributed by atoms with Crippen LogP contribution in [0.2, 0.25) is 5.02 Å². The van der Waals surface area contributed by atoms with Crippen molar-refractivity contribution in [2.75, 3.05) is 5.32 Å². The maximum absolute atomic E-state index is 6.04. The molecule has 0 unspecified atom stereocenters. The average Bonchev–Trinajstić information content (AvgIpc) is 2.25. The van der Waals surface area contributed by atoms with E-state index in [-0.39, 0.29) is 0 Å². The van der Waals surface area contributed by atoms with E-state index in [1.807, 2.05) is 0 Å². The van der Waals surface area contributed by atoms with E-state index in [1.54, 1.807) is 18.5 Å². The highest BCUT2D eigenvalue weighted by atomic mass is 35.5. The maximum Gasteiger partial charge on any atom is 0.0718 e. The zero-order valence-corrected chi connectivity index (χ0v) is 9.37. The number of hydrogen-bond donors (Lipinski definition) is 2. The van der Waals surface area contributed by atoms with Crippen LogP contribution < -0.4 is 11.1 Å². The first-order chi connectivity index (χ1) is 7.25. The third-order valence-corrected chi connectivity index (χ3v) is 3.23. The van der Waals surface area contributed by atoms with Gasteiger partial charge in [0.05, 0.1) is 16.9 Å². The molecule has 1 aliphatic carbocycles. The van der Waals surface area contributed by atoms with Gasteiger partial charge in [0.25, 0.3) is 0 Å². The van der Waals surface area contributed by atoms with Gasteiger partial charge in [-0.1, -0.05) is 11.6 Å². The first-order valence-corrected chi connectivity index (χ1v) is 5.75. The first kappa shape index (κ1) is 10.7. The molecule has 1 aromatic heterocycles. The molecule has 0 radical (unpaired) electrons. The Labute approximate surface area is 95.0 Å². The predicted octanol–water partition coefficient (Wildman–Crippen LogP) is 2.42. The second-order valence-corrected chi connectivity index (χ2v) is 4.52. The van der Waals surface area contributed by atoms with Gasteiger partial charge in [-0.3, -0.25) is 4.98 Å². The number of rotatable bonds is 2. The fraction of sp³-hybridized carbons (Fsp3) is 0.545. The Balaban J connectivity index is 1.95. The van der Waals surface area contributed by atoms with Crippen LogP contribution in [0.25, 0.3) is 0 Å². The highest BCUT2D eigenvalue weighted by Gasteiger charge is 2.18. The summed E-state index contributed by atoms with van der Waals surface area (Å²) in [6.07, 6.45) is 7.89. The maximum atomic E-state index is 6.04. The number of anilines is 1. The van der Waals surface area contributed by atoms with Crippen molar-refractivity contribution in [3.63, 3.8) is 0 Å². The molecule has 0 saturated heterocycles. The molecule has 0 amide bonds. The monoisotopic (exact) mass is 225 g/mol. The lowest BCUT2D eigenvalue weighted by Gasteiger charge is -2.27. The summed E-state index contributed by atoms with van der Waals surface area (Å²) >= 11 is 6.04. The lowest BCUT2D eigenvalue weighted by Crippen LogP contribution is -2.32. The second kappa shape index (κ2) is 4.81. The van der Waals surface area contributed by atoms with Gasteiger partial charge in [0.1, 0.15) is 0 Å². The summed E-state index contributed by atoms with van der Waals surface area (Å²) < 4.78 is 0. The molecule has 3 nitrogen and oxygen atoms in total. The summed E-state index contributed by atoms with van der Waals surface area (Å²) in [6, 6.07) is 2.68. The van der Waals surface area contributed by atoms with E-state index >= 15 is 0 Å². The molecule has 15 heavy (non-hydrogen) atoms. The van der Waals surface area contributed by atoms with Crippen molar-refractivity contribution in [3.8, 4) is 0 Å². The molecule has 1 fully saturated rings. The lowest BCUT2D eigenvalue weighted by molar-refractivity contribution is 0.411. The van der Waals surface area contributed by atoms with Gasteiger partial charge in [-0.25, -0.2) is 0 Å². The molecule has 0 atom stereocenters. The molecule has 3 N–H and O–H groups in total. The highest BCUT2D eigenvalue weighted by Crippen LogP contribution is 2.25. The second-order valence-electron chi connectivity index (χ2n) is 4.11. The molecule has 0 aliphatic heterocycles. The van der Waals surface area contributed by atoms with Crippen LogP contribution in [0.5, 0.6) is 0 Å². The summed E-state index contributed by atoms with van der Waals surface area (Å²) in [5.74, 6) is 0. The van der Waals surface area contributed by atoms with Gasteiger partial charge in [0.15, 0.2) is 0 Å². The fourth-order valence-electron chi connectivity index (χ4n) is 1.97. The zero-order chi connectivity index (χ0) is 10.7. The molecule has 1 aliphatic rings. The number of halogens is 1. The minimum absolute atomic E-state index is 0.382. The van der Waals surface area contributed by atoms with E-state index in [2.05, 4.69) is 10.3 Å². The Morgan fingerprint density at radius 1 is 1.33 bits per heavy atom. The highest BCUT2D eigenvalue weighted by molar-refractivity contribution is 6.33. The van der Waals surface area contributed by atoms with Gasteiger partial charge in [-0.15, -0.1) is 0 Å². The molecule has 0 aromatic carbocycles. The van der Waals surface area contributed by atoms with Crippen LogP contribution in [0.4, 0.5) is 5.69 Å². The van der Waals surface area contributed by atoms with Crippen LogP contribution in [0.3, 0.4) is 0 Å². The van der Waals surface area contributed by atoms with Crippen LogP contribution in [0.1, 0.15) is 25.7 Å². The molecule has 1 heterocycles. The van der Waals surface area contributed by atoms with Crippen LogP contribution in [-0.4, -0.2) is 17.1 Å². The van der Waals surface area contributed by atoms with Gasteiger partial charge in [0, 0.05) is 18.3 Å². The predicted molar refractivity (Wildman–Crippen MR) is 63.1 cm³/mol. The van der Waals surface area contributed by atoms with E-state index < -0.39 is 0 Å². The molecule has 0 bridgehead atoms. The number of pyridine rings is 1. The van der Waals surface area contributed by atoms with Gasteiger partial charge in [0.2, 0.25) is 0 Å². The third-order valence-electron chi connectivity index (χ3n) is 2.90. The SMILES string of the molecule is NC1CCC(Nc2cnccc2Cl)CC1. The van der Waals surface area contributed by atoms with Gasteiger partial charge >= 0.3 is 0 Å². The Kier molecular flexibility index (Phi) is 3.44. The van der Waals surface area contributed by atoms with Crippen molar-refractivity contribution in [3.05, 3.63) is 23.5 Å². The van der Waals surface area contributed by atoms with E-state index in [0.717, 1.165) is 36.4 Å². The van der Waals surface area contributed by atoms with Crippen LogP contribution in [0.15, 0.2) is 18.5 Å². The fourth-order valence-corrected chi connectivity index (χ4v) is 2.13. The molecule has 4 heteroatoms. The molecule has 82 valence electrons. The molecular formula is C11H16ClN3. The smallest absolute Gasteiger partial charge is 0.0718 e. The van der Waals surface area contributed by atoms with Crippen LogP contribution >= 0.6 is 11.6 Å². The Morgan fingerprint density at radius 2 is 2.07 bits per heavy atom. The van der Waals surface area contributed by atoms with Crippen LogP contribution in [-0.2, 0) is 0 Å². The largest absolute Gasteiger partial charge is 0.380 e. The molecule has 2 rings (SSSR count). The number of nitrogens with one attached hydrogen (secondary N) is 1. The quantitative estimate of drug-likeness (QED) is 0.813. The Hall–Kier alpha value is -0.800. The molecule has 0 spiro atoms. The van der Waals surface area contributed by atoms with E-state index in [9.17, 15) is 0 Å². The summed E-state index contributed by atoms with van der Waals surface area (Å²) in [5, 5.41) is 4.16. The van der Waals surface area contributed by atoms with E-state index in [0.29, 0.717) is 12.1 Å². The summed E-state index contributed by atoms with van der Waals surface area (Å²) in [6.45, 7) is 0. The molecule has 1 aromatic rings. The third kappa shape index (κ3) is 2.83. The van der Waals surface area contributed by atoms with Crippen molar-refractivity contribution >= 4 is 17.3 Å². The topological polar surface area (TPSA) is 50.9 Å². The summed E-state index contributed by atoms with van der Waals surface area (Å²) in [7, 11) is 0. The van der Waals surface area contributed by atoms with Gasteiger partial charge < -0.3 is 11.1 Å². The van der Waals surface area contributed by atoms with Gasteiger partial charge in [-0.05, 0) is 31.7 Å². The standard InChI is InChI=1S/C11H16ClN3/c12-10-5-6-14-7-11(10)15-9-3-1-8(13)2-4-9/h5-9,15H,1-4,13H2. The zero-order valence-electron chi connectivity index (χ0n) is 8.62. The number of nitrogens with two attached hydrogens (primary N) is 1. The minimum atomic E-state index is 0.382. The normalized spacial score (nSPS) is 26.3. The van der Waals surface area contributed by atoms with Crippen molar-refractivity contribution in [2.45, 2.75) is 37.8 Å².